The summed E-state index contributed by atoms with van der Waals surface area (Å²) in [4.78, 5) is 12.5. The number of carbonyl (C=O) groups excluding carboxylic acids is 1. The Hall–Kier alpha value is -3.31. The number of hydrogen-bond acceptors (Lipinski definition) is 3. The Morgan fingerprint density at radius 3 is 2.65 bits per heavy atom. The molecular formula is C26H22BrNO3. The molecule has 0 bridgehead atoms. The summed E-state index contributed by atoms with van der Waals surface area (Å²) < 4.78 is 12.4. The minimum Gasteiger partial charge on any atom is -0.496 e. The van der Waals surface area contributed by atoms with E-state index < -0.39 is 0 Å². The van der Waals surface area contributed by atoms with Gasteiger partial charge in [0.05, 0.1) is 13.4 Å². The quantitative estimate of drug-likeness (QED) is 0.320. The van der Waals surface area contributed by atoms with Gasteiger partial charge in [-0.15, -0.1) is 0 Å². The van der Waals surface area contributed by atoms with Gasteiger partial charge >= 0.3 is 0 Å². The van der Waals surface area contributed by atoms with Gasteiger partial charge in [-0.3, -0.25) is 4.79 Å². The lowest BCUT2D eigenvalue weighted by atomic mass is 9.99. The second kappa shape index (κ2) is 9.23. The van der Waals surface area contributed by atoms with Crippen molar-refractivity contribution in [3.05, 3.63) is 94.7 Å². The van der Waals surface area contributed by atoms with E-state index in [9.17, 15) is 4.79 Å². The molecule has 0 saturated heterocycles. The lowest BCUT2D eigenvalue weighted by Gasteiger charge is -2.10. The second-order valence-corrected chi connectivity index (χ2v) is 8.15. The first-order valence-electron chi connectivity index (χ1n) is 9.91. The molecule has 4 rings (SSSR count). The highest BCUT2D eigenvalue weighted by molar-refractivity contribution is 9.10. The van der Waals surface area contributed by atoms with Gasteiger partial charge in [-0.1, -0.05) is 58.4 Å². The summed E-state index contributed by atoms with van der Waals surface area (Å²) in [5.74, 6) is 0.509. The average molecular weight is 476 g/mol. The van der Waals surface area contributed by atoms with Gasteiger partial charge in [0.1, 0.15) is 11.3 Å². The summed E-state index contributed by atoms with van der Waals surface area (Å²) in [6.45, 7) is 2.39. The fourth-order valence-electron chi connectivity index (χ4n) is 3.52. The number of hydrogen-bond donors (Lipinski definition) is 1. The van der Waals surface area contributed by atoms with Gasteiger partial charge in [0.25, 0.3) is 0 Å². The largest absolute Gasteiger partial charge is 0.496 e. The number of methoxy groups -OCH3 is 1. The van der Waals surface area contributed by atoms with Crippen LogP contribution in [0.5, 0.6) is 5.75 Å². The number of halogens is 1. The summed E-state index contributed by atoms with van der Waals surface area (Å²) in [5, 5.41) is 3.90. The van der Waals surface area contributed by atoms with Crippen LogP contribution in [-0.4, -0.2) is 13.0 Å². The average Bonchev–Trinajstić information content (AvgIpc) is 3.20. The normalized spacial score (nSPS) is 11.5. The molecule has 3 aromatic carbocycles. The summed E-state index contributed by atoms with van der Waals surface area (Å²) in [6.07, 6.45) is 3.35. The van der Waals surface area contributed by atoms with Crippen LogP contribution in [0.4, 0.5) is 0 Å². The van der Waals surface area contributed by atoms with Gasteiger partial charge < -0.3 is 14.5 Å². The first kappa shape index (κ1) is 20.9. The highest BCUT2D eigenvalue weighted by Crippen LogP contribution is 2.37. The minimum atomic E-state index is -0.150. The molecule has 0 aliphatic rings. The number of fused-ring (bicyclic) bond motifs is 1. The van der Waals surface area contributed by atoms with E-state index in [4.69, 9.17) is 9.15 Å². The number of amides is 1. The van der Waals surface area contributed by atoms with Crippen molar-refractivity contribution in [2.24, 2.45) is 0 Å². The maximum Gasteiger partial charge on any atom is 0.244 e. The fraction of sp³-hybridized carbons (Fsp3) is 0.115. The van der Waals surface area contributed by atoms with Crippen LogP contribution in [0.2, 0.25) is 0 Å². The molecule has 4 nitrogen and oxygen atoms in total. The number of carbonyl (C=O) groups is 1. The van der Waals surface area contributed by atoms with E-state index in [0.29, 0.717) is 12.3 Å². The van der Waals surface area contributed by atoms with Crippen LogP contribution in [0.3, 0.4) is 0 Å². The van der Waals surface area contributed by atoms with Gasteiger partial charge in [-0.25, -0.2) is 0 Å². The zero-order valence-electron chi connectivity index (χ0n) is 17.3. The molecule has 1 heterocycles. The molecule has 156 valence electrons. The molecule has 5 heteroatoms. The Bertz CT molecular complexity index is 1260. The standard InChI is InChI=1S/C26H22BrNO3/c1-17(11-26(29)28-15-18-7-4-3-5-8-18)21-13-22-23(19-9-6-10-20(27)12-19)16-31-25(22)14-24(21)30-2/h3-14,16H,15H2,1-2H3,(H,28,29)/b17-11+. The zero-order chi connectivity index (χ0) is 21.8. The summed E-state index contributed by atoms with van der Waals surface area (Å²) in [5.41, 5.74) is 5.48. The van der Waals surface area contributed by atoms with Gasteiger partial charge in [-0.05, 0) is 41.8 Å². The van der Waals surface area contributed by atoms with Crippen LogP contribution in [0.15, 0.2) is 88.0 Å². The zero-order valence-corrected chi connectivity index (χ0v) is 18.9. The molecule has 0 fully saturated rings. The van der Waals surface area contributed by atoms with Crippen molar-refractivity contribution in [1.29, 1.82) is 0 Å². The summed E-state index contributed by atoms with van der Waals surface area (Å²) >= 11 is 3.53. The van der Waals surface area contributed by atoms with Gasteiger partial charge in [0.2, 0.25) is 5.91 Å². The van der Waals surface area contributed by atoms with E-state index >= 15 is 0 Å². The van der Waals surface area contributed by atoms with Gasteiger partial charge in [0, 0.05) is 39.7 Å². The number of benzene rings is 3. The molecule has 1 aromatic heterocycles. The van der Waals surface area contributed by atoms with Crippen LogP contribution in [0, 0.1) is 0 Å². The van der Waals surface area contributed by atoms with Gasteiger partial charge in [-0.2, -0.15) is 0 Å². The second-order valence-electron chi connectivity index (χ2n) is 7.24. The van der Waals surface area contributed by atoms with E-state index in [2.05, 4.69) is 21.2 Å². The predicted molar refractivity (Wildman–Crippen MR) is 128 cm³/mol. The van der Waals surface area contributed by atoms with Crippen molar-refractivity contribution in [3.8, 4) is 16.9 Å². The van der Waals surface area contributed by atoms with E-state index in [1.54, 1.807) is 19.4 Å². The number of allylic oxidation sites excluding steroid dienone is 1. The molecule has 0 unspecified atom stereocenters. The van der Waals surface area contributed by atoms with Crippen molar-refractivity contribution < 1.29 is 13.9 Å². The number of furan rings is 1. The molecule has 0 saturated carbocycles. The lowest BCUT2D eigenvalue weighted by Crippen LogP contribution is -2.20. The van der Waals surface area contributed by atoms with Crippen molar-refractivity contribution >= 4 is 38.4 Å². The van der Waals surface area contributed by atoms with Crippen LogP contribution < -0.4 is 10.1 Å². The maximum atomic E-state index is 12.5. The fourth-order valence-corrected chi connectivity index (χ4v) is 3.92. The SMILES string of the molecule is COc1cc2occ(-c3cccc(Br)c3)c2cc1/C(C)=C/C(=O)NCc1ccccc1. The topological polar surface area (TPSA) is 51.5 Å². The molecule has 1 amide bonds. The van der Waals surface area contributed by atoms with E-state index in [0.717, 1.165) is 43.3 Å². The Kier molecular flexibility index (Phi) is 6.23. The van der Waals surface area contributed by atoms with E-state index in [1.807, 2.05) is 73.7 Å². The Balaban J connectivity index is 1.66. The molecule has 0 aliphatic carbocycles. The van der Waals surface area contributed by atoms with Crippen LogP contribution in [-0.2, 0) is 11.3 Å². The number of ether oxygens (including phenoxy) is 1. The summed E-state index contributed by atoms with van der Waals surface area (Å²) in [6, 6.07) is 21.8. The first-order valence-corrected chi connectivity index (χ1v) is 10.7. The molecule has 1 N–H and O–H groups in total. The van der Waals surface area contributed by atoms with Crippen molar-refractivity contribution in [1.82, 2.24) is 5.32 Å². The third-order valence-electron chi connectivity index (χ3n) is 5.11. The van der Waals surface area contributed by atoms with Crippen molar-refractivity contribution in [3.63, 3.8) is 0 Å². The molecule has 4 aromatic rings. The highest BCUT2D eigenvalue weighted by Gasteiger charge is 2.15. The predicted octanol–water partition coefficient (Wildman–Crippen LogP) is 6.59. The Labute approximate surface area is 189 Å². The monoisotopic (exact) mass is 475 g/mol. The Morgan fingerprint density at radius 2 is 1.90 bits per heavy atom. The molecule has 0 atom stereocenters. The van der Waals surface area contributed by atoms with Gasteiger partial charge in [0.15, 0.2) is 0 Å². The maximum absolute atomic E-state index is 12.5. The van der Waals surface area contributed by atoms with Crippen molar-refractivity contribution in [2.75, 3.05) is 7.11 Å². The van der Waals surface area contributed by atoms with E-state index in [1.165, 1.54) is 0 Å². The van der Waals surface area contributed by atoms with Crippen LogP contribution >= 0.6 is 15.9 Å². The van der Waals surface area contributed by atoms with Crippen molar-refractivity contribution in [2.45, 2.75) is 13.5 Å². The highest BCUT2D eigenvalue weighted by atomic mass is 79.9. The van der Waals surface area contributed by atoms with Crippen LogP contribution in [0.25, 0.3) is 27.7 Å². The molecule has 0 radical (unpaired) electrons. The lowest BCUT2D eigenvalue weighted by molar-refractivity contribution is -0.116. The summed E-state index contributed by atoms with van der Waals surface area (Å²) in [7, 11) is 1.62. The molecular weight excluding hydrogens is 454 g/mol. The molecule has 31 heavy (non-hydrogen) atoms. The number of rotatable bonds is 6. The smallest absolute Gasteiger partial charge is 0.244 e. The minimum absolute atomic E-state index is 0.150. The molecule has 0 aliphatic heterocycles. The van der Waals surface area contributed by atoms with Crippen LogP contribution in [0.1, 0.15) is 18.1 Å². The first-order chi connectivity index (χ1) is 15.0. The third-order valence-corrected chi connectivity index (χ3v) is 5.61. The number of nitrogens with one attached hydrogen (secondary N) is 1. The van der Waals surface area contributed by atoms with E-state index in [-0.39, 0.29) is 5.91 Å². The third kappa shape index (κ3) is 4.72. The Morgan fingerprint density at radius 1 is 1.10 bits per heavy atom. The molecule has 0 spiro atoms.